The number of hydrogen-bond acceptors (Lipinski definition) is 8. The van der Waals surface area contributed by atoms with Crippen molar-refractivity contribution in [2.24, 2.45) is 0 Å². The van der Waals surface area contributed by atoms with Crippen molar-refractivity contribution in [2.75, 3.05) is 13.2 Å². The van der Waals surface area contributed by atoms with E-state index in [1.54, 1.807) is 12.2 Å². The van der Waals surface area contributed by atoms with Crippen LogP contribution < -0.4 is 5.32 Å². The lowest BCUT2D eigenvalue weighted by Gasteiger charge is -2.40. The lowest BCUT2D eigenvalue weighted by Crippen LogP contribution is -2.60. The summed E-state index contributed by atoms with van der Waals surface area (Å²) in [5.74, 6) is -0.304. The third-order valence-electron chi connectivity index (χ3n) is 12.6. The number of unbranched alkanes of at least 4 members (excludes halogenated alkanes) is 26. The van der Waals surface area contributed by atoms with Crippen molar-refractivity contribution >= 4 is 5.91 Å². The summed E-state index contributed by atoms with van der Waals surface area (Å²) in [5.41, 5.74) is 0. The van der Waals surface area contributed by atoms with Crippen molar-refractivity contribution in [1.82, 2.24) is 5.32 Å². The van der Waals surface area contributed by atoms with Gasteiger partial charge in [-0.15, -0.1) is 0 Å². The Morgan fingerprint density at radius 2 is 0.924 bits per heavy atom. The first-order valence-electron chi connectivity index (χ1n) is 27.2. The summed E-state index contributed by atoms with van der Waals surface area (Å²) < 4.78 is 11.2. The van der Waals surface area contributed by atoms with Gasteiger partial charge in [-0.1, -0.05) is 247 Å². The second-order valence-corrected chi connectivity index (χ2v) is 18.7. The first kappa shape index (κ1) is 61.6. The predicted molar refractivity (Wildman–Crippen MR) is 276 cm³/mol. The Morgan fingerprint density at radius 3 is 1.33 bits per heavy atom. The molecule has 0 spiro atoms. The highest BCUT2D eigenvalue weighted by Gasteiger charge is 2.44. The van der Waals surface area contributed by atoms with Gasteiger partial charge in [-0.05, 0) is 44.9 Å². The van der Waals surface area contributed by atoms with Crippen LogP contribution in [0.15, 0.2) is 72.9 Å². The quantitative estimate of drug-likeness (QED) is 0.0261. The van der Waals surface area contributed by atoms with Crippen molar-refractivity contribution in [2.45, 2.75) is 269 Å². The lowest BCUT2D eigenvalue weighted by atomic mass is 9.99. The fraction of sp³-hybridized carbons (Fsp3) is 0.772. The molecule has 0 aliphatic carbocycles. The standard InChI is InChI=1S/C57H101NO8/c1-3-5-7-9-11-13-15-17-19-20-21-22-23-24-25-26-27-28-29-30-31-33-34-36-38-40-42-44-46-51(60)50(49-65-57-56(64)55(63)54(62)52(48-59)66-57)58-53(61)47-45-43-41-39-37-35-32-18-16-14-12-10-8-6-4-2/h6,8,12,14,18,32,37,39,43-46,50-52,54-57,59-60,62-64H,3-5,7,9-11,13,15-17,19-31,33-36,38,40-42,47-49H2,1-2H3,(H,58,61)/b8-6-,14-12-,32-18-,39-37-,45-43-,46-44+. The Kier molecular flexibility index (Phi) is 43.3. The van der Waals surface area contributed by atoms with Crippen LogP contribution >= 0.6 is 0 Å². The van der Waals surface area contributed by atoms with Crippen LogP contribution in [0.2, 0.25) is 0 Å². The second-order valence-electron chi connectivity index (χ2n) is 18.7. The fourth-order valence-corrected chi connectivity index (χ4v) is 8.28. The van der Waals surface area contributed by atoms with Gasteiger partial charge in [0, 0.05) is 6.42 Å². The average molecular weight is 928 g/mol. The summed E-state index contributed by atoms with van der Waals surface area (Å²) in [6.45, 7) is 3.61. The summed E-state index contributed by atoms with van der Waals surface area (Å²) >= 11 is 0. The van der Waals surface area contributed by atoms with E-state index in [1.807, 2.05) is 12.2 Å². The highest BCUT2D eigenvalue weighted by Crippen LogP contribution is 2.23. The predicted octanol–water partition coefficient (Wildman–Crippen LogP) is 12.9. The van der Waals surface area contributed by atoms with Crippen LogP contribution in [-0.4, -0.2) is 87.5 Å². The van der Waals surface area contributed by atoms with E-state index >= 15 is 0 Å². The van der Waals surface area contributed by atoms with Crippen molar-refractivity contribution < 1.29 is 39.8 Å². The minimum Gasteiger partial charge on any atom is -0.394 e. The molecule has 7 atom stereocenters. The van der Waals surface area contributed by atoms with Crippen LogP contribution in [-0.2, 0) is 14.3 Å². The summed E-state index contributed by atoms with van der Waals surface area (Å²) in [5, 5.41) is 54.3. The Morgan fingerprint density at radius 1 is 0.530 bits per heavy atom. The van der Waals surface area contributed by atoms with Crippen LogP contribution in [0.5, 0.6) is 0 Å². The number of allylic oxidation sites excluding steroid dienone is 10. The molecule has 1 aliphatic heterocycles. The van der Waals surface area contributed by atoms with Gasteiger partial charge in [0.25, 0.3) is 0 Å². The topological polar surface area (TPSA) is 149 Å². The number of aliphatic hydroxyl groups excluding tert-OH is 5. The van der Waals surface area contributed by atoms with E-state index in [4.69, 9.17) is 9.47 Å². The first-order valence-corrected chi connectivity index (χ1v) is 27.2. The van der Waals surface area contributed by atoms with Crippen LogP contribution in [0.25, 0.3) is 0 Å². The smallest absolute Gasteiger partial charge is 0.224 e. The van der Waals surface area contributed by atoms with E-state index in [2.05, 4.69) is 67.8 Å². The number of ether oxygens (including phenoxy) is 2. The molecule has 9 heteroatoms. The van der Waals surface area contributed by atoms with Gasteiger partial charge >= 0.3 is 0 Å². The molecular weight excluding hydrogens is 827 g/mol. The van der Waals surface area contributed by atoms with Crippen molar-refractivity contribution in [1.29, 1.82) is 0 Å². The van der Waals surface area contributed by atoms with E-state index in [0.29, 0.717) is 6.42 Å². The molecular formula is C57H101NO8. The minimum absolute atomic E-state index is 0.111. The summed E-state index contributed by atoms with van der Waals surface area (Å²) in [7, 11) is 0. The summed E-state index contributed by atoms with van der Waals surface area (Å²) in [4.78, 5) is 12.9. The molecule has 0 bridgehead atoms. The zero-order valence-corrected chi connectivity index (χ0v) is 42.2. The molecule has 1 aliphatic rings. The molecule has 1 heterocycles. The van der Waals surface area contributed by atoms with Gasteiger partial charge in [-0.3, -0.25) is 4.79 Å². The maximum atomic E-state index is 12.9. The highest BCUT2D eigenvalue weighted by molar-refractivity contribution is 5.77. The maximum absolute atomic E-state index is 12.9. The van der Waals surface area contributed by atoms with Gasteiger partial charge in [0.05, 0.1) is 25.4 Å². The van der Waals surface area contributed by atoms with E-state index in [0.717, 1.165) is 44.9 Å². The molecule has 0 aromatic heterocycles. The zero-order chi connectivity index (χ0) is 48.0. The molecule has 66 heavy (non-hydrogen) atoms. The van der Waals surface area contributed by atoms with E-state index in [1.165, 1.54) is 154 Å². The number of hydrogen-bond donors (Lipinski definition) is 6. The third kappa shape index (κ3) is 35.7. The molecule has 1 saturated heterocycles. The molecule has 7 unspecified atom stereocenters. The van der Waals surface area contributed by atoms with Crippen LogP contribution in [0.1, 0.15) is 226 Å². The van der Waals surface area contributed by atoms with Gasteiger partial charge in [-0.2, -0.15) is 0 Å². The van der Waals surface area contributed by atoms with Crippen molar-refractivity contribution in [3.8, 4) is 0 Å². The molecule has 1 amide bonds. The molecule has 9 nitrogen and oxygen atoms in total. The Bertz CT molecular complexity index is 1260. The van der Waals surface area contributed by atoms with Gasteiger partial charge in [0.15, 0.2) is 6.29 Å². The number of carbonyl (C=O) groups excluding carboxylic acids is 1. The number of nitrogens with one attached hydrogen (secondary N) is 1. The monoisotopic (exact) mass is 928 g/mol. The normalized spacial score (nSPS) is 20.4. The van der Waals surface area contributed by atoms with E-state index < -0.39 is 49.5 Å². The number of rotatable bonds is 45. The molecule has 1 rings (SSSR count). The molecule has 0 saturated carbocycles. The lowest BCUT2D eigenvalue weighted by molar-refractivity contribution is -0.302. The molecule has 6 N–H and O–H groups in total. The fourth-order valence-electron chi connectivity index (χ4n) is 8.28. The molecule has 0 aromatic rings. The molecule has 0 aromatic carbocycles. The van der Waals surface area contributed by atoms with Gasteiger partial charge in [0.2, 0.25) is 5.91 Å². The summed E-state index contributed by atoms with van der Waals surface area (Å²) in [6, 6.07) is -0.863. The van der Waals surface area contributed by atoms with Crippen molar-refractivity contribution in [3.63, 3.8) is 0 Å². The zero-order valence-electron chi connectivity index (χ0n) is 42.2. The Balaban J connectivity index is 2.25. The van der Waals surface area contributed by atoms with Crippen LogP contribution in [0, 0.1) is 0 Å². The Labute approximate surface area is 404 Å². The van der Waals surface area contributed by atoms with E-state index in [9.17, 15) is 30.3 Å². The maximum Gasteiger partial charge on any atom is 0.224 e. The molecule has 382 valence electrons. The van der Waals surface area contributed by atoms with Crippen LogP contribution in [0.3, 0.4) is 0 Å². The average Bonchev–Trinajstić information content (AvgIpc) is 3.32. The van der Waals surface area contributed by atoms with Crippen molar-refractivity contribution in [3.05, 3.63) is 72.9 Å². The first-order chi connectivity index (χ1) is 32.3. The number of amides is 1. The SMILES string of the molecule is CC/C=C\C/C=C\C/C=C\C/C=C\C/C=C\CC(=O)NC(COC1OC(CO)C(O)C(O)C1O)C(O)/C=C/CCCCCCCCCCCCCCCCCCCCCCCCCCCC. The summed E-state index contributed by atoms with van der Waals surface area (Å²) in [6.07, 6.45) is 57.2. The Hall–Kier alpha value is -2.37. The number of carbonyl (C=O) groups is 1. The van der Waals surface area contributed by atoms with Gasteiger partial charge in [-0.25, -0.2) is 0 Å². The second kappa shape index (κ2) is 46.4. The van der Waals surface area contributed by atoms with Crippen LogP contribution in [0.4, 0.5) is 0 Å². The highest BCUT2D eigenvalue weighted by atomic mass is 16.7. The largest absolute Gasteiger partial charge is 0.394 e. The van der Waals surface area contributed by atoms with Gasteiger partial charge in [0.1, 0.15) is 24.4 Å². The third-order valence-corrected chi connectivity index (χ3v) is 12.6. The molecule has 0 radical (unpaired) electrons. The number of aliphatic hydroxyl groups is 5. The van der Waals surface area contributed by atoms with E-state index in [-0.39, 0.29) is 18.9 Å². The molecule has 1 fully saturated rings. The van der Waals surface area contributed by atoms with Gasteiger partial charge < -0.3 is 40.3 Å². The minimum atomic E-state index is -1.59.